The van der Waals surface area contributed by atoms with E-state index in [9.17, 15) is 22.8 Å². The number of nitrogens with one attached hydrogen (secondary N) is 1. The van der Waals surface area contributed by atoms with Crippen LogP contribution in [0.5, 0.6) is 0 Å². The zero-order valence-electron chi connectivity index (χ0n) is 16.1. The molecule has 3 rings (SSSR count). The minimum Gasteiger partial charge on any atom is -0.343 e. The molecule has 1 fully saturated rings. The molecule has 1 aliphatic rings. The van der Waals surface area contributed by atoms with Crippen molar-refractivity contribution in [2.45, 2.75) is 19.0 Å². The number of benzene rings is 2. The van der Waals surface area contributed by atoms with Gasteiger partial charge in [-0.25, -0.2) is 0 Å². The quantitative estimate of drug-likeness (QED) is 0.824. The Morgan fingerprint density at radius 1 is 1.07 bits per heavy atom. The summed E-state index contributed by atoms with van der Waals surface area (Å²) < 4.78 is 38.1. The Bertz CT molecular complexity index is 957. The molecule has 1 aliphatic heterocycles. The zero-order valence-corrected chi connectivity index (χ0v) is 16.1. The normalized spacial score (nSPS) is 14.8. The smallest absolute Gasteiger partial charge is 0.343 e. The van der Waals surface area contributed by atoms with E-state index in [2.05, 4.69) is 11.4 Å². The lowest BCUT2D eigenvalue weighted by Crippen LogP contribution is -2.44. The van der Waals surface area contributed by atoms with Gasteiger partial charge in [-0.3, -0.25) is 9.59 Å². The van der Waals surface area contributed by atoms with E-state index in [0.29, 0.717) is 42.6 Å². The Kier molecular flexibility index (Phi) is 6.40. The van der Waals surface area contributed by atoms with E-state index in [1.165, 1.54) is 12.1 Å². The molecule has 2 aromatic rings. The molecule has 2 amide bonds. The van der Waals surface area contributed by atoms with Crippen LogP contribution in [0, 0.1) is 17.2 Å². The van der Waals surface area contributed by atoms with Gasteiger partial charge >= 0.3 is 6.18 Å². The van der Waals surface area contributed by atoms with Crippen LogP contribution in [0.25, 0.3) is 11.1 Å². The first kappa shape index (κ1) is 21.4. The van der Waals surface area contributed by atoms with Crippen LogP contribution in [0.4, 0.5) is 13.2 Å². The highest BCUT2D eigenvalue weighted by Crippen LogP contribution is 2.31. The monoisotopic (exact) mass is 415 g/mol. The van der Waals surface area contributed by atoms with Crippen molar-refractivity contribution in [2.75, 3.05) is 19.6 Å². The molecule has 0 bridgehead atoms. The summed E-state index contributed by atoms with van der Waals surface area (Å²) >= 11 is 0. The van der Waals surface area contributed by atoms with Crippen molar-refractivity contribution in [3.8, 4) is 17.2 Å². The number of piperidine rings is 1. The van der Waals surface area contributed by atoms with Gasteiger partial charge in [0.15, 0.2) is 0 Å². The number of halogens is 3. The zero-order chi connectivity index (χ0) is 21.7. The number of rotatable bonds is 4. The second kappa shape index (κ2) is 8.99. The predicted octanol–water partition coefficient (Wildman–Crippen LogP) is 3.86. The van der Waals surface area contributed by atoms with E-state index in [1.807, 2.05) is 0 Å². The van der Waals surface area contributed by atoms with Gasteiger partial charge in [0.1, 0.15) is 0 Å². The molecule has 1 saturated heterocycles. The van der Waals surface area contributed by atoms with Gasteiger partial charge in [-0.1, -0.05) is 24.3 Å². The maximum Gasteiger partial charge on any atom is 0.416 e. The fourth-order valence-corrected chi connectivity index (χ4v) is 3.32. The van der Waals surface area contributed by atoms with Gasteiger partial charge in [0, 0.05) is 24.6 Å². The van der Waals surface area contributed by atoms with Crippen LogP contribution in [-0.2, 0) is 11.0 Å². The summed E-state index contributed by atoms with van der Waals surface area (Å²) in [6.07, 6.45) is -3.15. The Labute approximate surface area is 172 Å². The van der Waals surface area contributed by atoms with Gasteiger partial charge in [0.2, 0.25) is 5.91 Å². The highest BCUT2D eigenvalue weighted by molar-refractivity contribution is 5.97. The summed E-state index contributed by atoms with van der Waals surface area (Å²) in [7, 11) is 0. The molecule has 0 saturated carbocycles. The van der Waals surface area contributed by atoms with Crippen LogP contribution in [-0.4, -0.2) is 36.3 Å². The summed E-state index contributed by atoms with van der Waals surface area (Å²) in [5.74, 6) is -0.681. The van der Waals surface area contributed by atoms with Crippen molar-refractivity contribution in [3.63, 3.8) is 0 Å². The maximum absolute atomic E-state index is 12.7. The number of nitrogens with zero attached hydrogens (tertiary/aromatic N) is 2. The van der Waals surface area contributed by atoms with E-state index in [0.717, 1.165) is 12.1 Å². The number of carbonyl (C=O) groups excluding carboxylic acids is 2. The lowest BCUT2D eigenvalue weighted by Gasteiger charge is -2.29. The third-order valence-electron chi connectivity index (χ3n) is 5.10. The summed E-state index contributed by atoms with van der Waals surface area (Å²) in [4.78, 5) is 26.3. The number of nitriles is 1. The van der Waals surface area contributed by atoms with Crippen molar-refractivity contribution in [1.29, 1.82) is 5.26 Å². The van der Waals surface area contributed by atoms with Crippen LogP contribution < -0.4 is 5.32 Å². The van der Waals surface area contributed by atoms with Crippen molar-refractivity contribution in [3.05, 3.63) is 59.7 Å². The molecule has 30 heavy (non-hydrogen) atoms. The lowest BCUT2D eigenvalue weighted by molar-refractivity contribution is -0.137. The molecule has 156 valence electrons. The van der Waals surface area contributed by atoms with Crippen LogP contribution in [0.2, 0.25) is 0 Å². The largest absolute Gasteiger partial charge is 0.416 e. The molecule has 0 atom stereocenters. The number of likely N-dealkylation sites (tertiary alicyclic amines) is 1. The topological polar surface area (TPSA) is 73.2 Å². The van der Waals surface area contributed by atoms with E-state index in [4.69, 9.17) is 5.26 Å². The van der Waals surface area contributed by atoms with Crippen molar-refractivity contribution in [1.82, 2.24) is 10.2 Å². The molecule has 0 spiro atoms. The minimum atomic E-state index is -4.41. The predicted molar refractivity (Wildman–Crippen MR) is 104 cm³/mol. The molecule has 0 aromatic heterocycles. The first-order valence-corrected chi connectivity index (χ1v) is 9.51. The van der Waals surface area contributed by atoms with Gasteiger partial charge in [-0.15, -0.1) is 0 Å². The summed E-state index contributed by atoms with van der Waals surface area (Å²) in [6.45, 7) is 0.841. The molecule has 1 N–H and O–H groups in total. The third-order valence-corrected chi connectivity index (χ3v) is 5.10. The molecule has 8 heteroatoms. The van der Waals surface area contributed by atoms with Gasteiger partial charge in [-0.05, 0) is 48.2 Å². The van der Waals surface area contributed by atoms with Gasteiger partial charge in [-0.2, -0.15) is 18.4 Å². The standard InChI is InChI=1S/C22H20F3N3O2/c23-22(24,25)19-6-4-16(5-7-19)17-2-1-3-18(12-17)21(30)27-14-20(29)28-10-8-15(13-26)9-11-28/h1-7,12,15H,8-11,14H2,(H,27,30). The Hall–Kier alpha value is -3.34. The second-order valence-electron chi connectivity index (χ2n) is 7.12. The Balaban J connectivity index is 1.61. The van der Waals surface area contributed by atoms with E-state index in [-0.39, 0.29) is 18.4 Å². The number of hydrogen-bond acceptors (Lipinski definition) is 3. The number of carbonyl (C=O) groups is 2. The lowest BCUT2D eigenvalue weighted by atomic mass is 9.98. The highest BCUT2D eigenvalue weighted by Gasteiger charge is 2.30. The summed E-state index contributed by atoms with van der Waals surface area (Å²) in [5, 5.41) is 11.5. The fraction of sp³-hybridized carbons (Fsp3) is 0.318. The first-order valence-electron chi connectivity index (χ1n) is 9.51. The van der Waals surface area contributed by atoms with Crippen molar-refractivity contribution >= 4 is 11.8 Å². The molecule has 5 nitrogen and oxygen atoms in total. The average molecular weight is 415 g/mol. The van der Waals surface area contributed by atoms with Gasteiger partial charge < -0.3 is 10.2 Å². The molecule has 2 aromatic carbocycles. The number of amides is 2. The number of alkyl halides is 3. The van der Waals surface area contributed by atoms with Gasteiger partial charge in [0.25, 0.3) is 5.91 Å². The fourth-order valence-electron chi connectivity index (χ4n) is 3.32. The van der Waals surface area contributed by atoms with E-state index in [1.54, 1.807) is 29.2 Å². The molecule has 0 radical (unpaired) electrons. The second-order valence-corrected chi connectivity index (χ2v) is 7.12. The van der Waals surface area contributed by atoms with Crippen LogP contribution in [0.15, 0.2) is 48.5 Å². The Morgan fingerprint density at radius 2 is 1.73 bits per heavy atom. The summed E-state index contributed by atoms with van der Waals surface area (Å²) in [6, 6.07) is 13.4. The Morgan fingerprint density at radius 3 is 2.33 bits per heavy atom. The maximum atomic E-state index is 12.7. The van der Waals surface area contributed by atoms with E-state index >= 15 is 0 Å². The van der Waals surface area contributed by atoms with Crippen molar-refractivity contribution < 1.29 is 22.8 Å². The van der Waals surface area contributed by atoms with Crippen LogP contribution in [0.3, 0.4) is 0 Å². The van der Waals surface area contributed by atoms with Crippen molar-refractivity contribution in [2.24, 2.45) is 5.92 Å². The number of hydrogen-bond donors (Lipinski definition) is 1. The highest BCUT2D eigenvalue weighted by atomic mass is 19.4. The average Bonchev–Trinajstić information content (AvgIpc) is 2.77. The van der Waals surface area contributed by atoms with E-state index < -0.39 is 17.6 Å². The molecular weight excluding hydrogens is 395 g/mol. The van der Waals surface area contributed by atoms with Gasteiger partial charge in [0.05, 0.1) is 18.2 Å². The summed E-state index contributed by atoms with van der Waals surface area (Å²) in [5.41, 5.74) is 0.719. The minimum absolute atomic E-state index is 0.0309. The molecule has 0 unspecified atom stereocenters. The molecular formula is C22H20F3N3O2. The van der Waals surface area contributed by atoms with Crippen LogP contribution in [0.1, 0.15) is 28.8 Å². The third kappa shape index (κ3) is 5.17. The first-order chi connectivity index (χ1) is 14.3. The molecule has 1 heterocycles. The SMILES string of the molecule is N#CC1CCN(C(=O)CNC(=O)c2cccc(-c3ccc(C(F)(F)F)cc3)c2)CC1. The molecule has 0 aliphatic carbocycles. The van der Waals surface area contributed by atoms with Crippen LogP contribution >= 0.6 is 0 Å².